The zero-order valence-corrected chi connectivity index (χ0v) is 10.7. The number of piperidine rings is 1. The highest BCUT2D eigenvalue weighted by atomic mass is 32.2. The average Bonchev–Trinajstić information content (AvgIpc) is 2.15. The summed E-state index contributed by atoms with van der Waals surface area (Å²) in [4.78, 5) is 13.2. The molecule has 0 N–H and O–H groups in total. The van der Waals surface area contributed by atoms with E-state index in [1.807, 2.05) is 0 Å². The van der Waals surface area contributed by atoms with Gasteiger partial charge in [-0.15, -0.1) is 0 Å². The third kappa shape index (κ3) is 4.09. The molecular formula is C10H18NO4S-. The van der Waals surface area contributed by atoms with Crippen molar-refractivity contribution in [1.29, 1.82) is 0 Å². The van der Waals surface area contributed by atoms with Gasteiger partial charge in [-0.05, 0) is 33.6 Å². The molecule has 0 radical (unpaired) electrons. The van der Waals surface area contributed by atoms with E-state index in [4.69, 9.17) is 4.74 Å². The molecule has 5 nitrogen and oxygen atoms in total. The summed E-state index contributed by atoms with van der Waals surface area (Å²) in [6.45, 7) is 6.18. The lowest BCUT2D eigenvalue weighted by molar-refractivity contribution is 0.0218. The van der Waals surface area contributed by atoms with E-state index in [9.17, 15) is 13.6 Å². The molecule has 6 heteroatoms. The lowest BCUT2D eigenvalue weighted by Gasteiger charge is -2.34. The topological polar surface area (TPSA) is 69.7 Å². The summed E-state index contributed by atoms with van der Waals surface area (Å²) in [6.07, 6.45) is 0.899. The first kappa shape index (κ1) is 13.4. The van der Waals surface area contributed by atoms with E-state index in [0.717, 1.165) is 0 Å². The number of ether oxygens (including phenoxy) is 1. The Balaban J connectivity index is 2.54. The molecule has 0 aromatic heterocycles. The second-order valence-corrected chi connectivity index (χ2v) is 6.14. The summed E-state index contributed by atoms with van der Waals surface area (Å²) in [6, 6.07) is 0. The van der Waals surface area contributed by atoms with Gasteiger partial charge in [-0.1, -0.05) is 11.1 Å². The number of nitrogens with zero attached hydrogens (tertiary/aromatic N) is 1. The monoisotopic (exact) mass is 248 g/mol. The van der Waals surface area contributed by atoms with Gasteiger partial charge in [0.2, 0.25) is 0 Å². The highest BCUT2D eigenvalue weighted by molar-refractivity contribution is 7.79. The van der Waals surface area contributed by atoms with Gasteiger partial charge >= 0.3 is 6.09 Å². The van der Waals surface area contributed by atoms with E-state index in [2.05, 4.69) is 0 Å². The van der Waals surface area contributed by atoms with Crippen LogP contribution in [0.3, 0.4) is 0 Å². The zero-order valence-electron chi connectivity index (χ0n) is 9.89. The fourth-order valence-corrected chi connectivity index (χ4v) is 2.25. The van der Waals surface area contributed by atoms with E-state index < -0.39 is 28.0 Å². The van der Waals surface area contributed by atoms with Gasteiger partial charge in [-0.3, -0.25) is 4.21 Å². The van der Waals surface area contributed by atoms with Crippen LogP contribution in [-0.4, -0.2) is 43.7 Å². The van der Waals surface area contributed by atoms with Crippen molar-refractivity contribution < 1.29 is 18.3 Å². The van der Waals surface area contributed by atoms with Crippen molar-refractivity contribution in [1.82, 2.24) is 4.90 Å². The summed E-state index contributed by atoms with van der Waals surface area (Å²) in [5.74, 6) is 0. The molecule has 1 rings (SSSR count). The third-order valence-corrected chi connectivity index (χ3v) is 3.23. The summed E-state index contributed by atoms with van der Waals surface area (Å²) in [5, 5.41) is -0.457. The Morgan fingerprint density at radius 2 is 2.12 bits per heavy atom. The number of rotatable bonds is 1. The van der Waals surface area contributed by atoms with E-state index in [1.165, 1.54) is 4.90 Å². The van der Waals surface area contributed by atoms with Crippen molar-refractivity contribution >= 4 is 17.2 Å². The van der Waals surface area contributed by atoms with Gasteiger partial charge in [-0.25, -0.2) is 4.79 Å². The molecule has 2 atom stereocenters. The van der Waals surface area contributed by atoms with Gasteiger partial charge in [0.05, 0.1) is 0 Å². The largest absolute Gasteiger partial charge is 0.772 e. The Kier molecular flexibility index (Phi) is 4.32. The molecule has 0 bridgehead atoms. The number of likely N-dealkylation sites (tertiary alicyclic amines) is 1. The molecule has 0 aromatic carbocycles. The van der Waals surface area contributed by atoms with Crippen molar-refractivity contribution in [2.24, 2.45) is 0 Å². The third-order valence-electron chi connectivity index (χ3n) is 2.30. The lowest BCUT2D eigenvalue weighted by Crippen LogP contribution is -2.45. The fraction of sp³-hybridized carbons (Fsp3) is 0.900. The van der Waals surface area contributed by atoms with Crippen LogP contribution in [0.15, 0.2) is 0 Å². The smallest absolute Gasteiger partial charge is 0.410 e. The van der Waals surface area contributed by atoms with E-state index in [0.29, 0.717) is 19.4 Å². The molecule has 1 unspecified atom stereocenters. The van der Waals surface area contributed by atoms with Crippen LogP contribution >= 0.6 is 0 Å². The predicted molar refractivity (Wildman–Crippen MR) is 59.7 cm³/mol. The number of carbonyl (C=O) groups is 1. The van der Waals surface area contributed by atoms with Crippen LogP contribution in [0.25, 0.3) is 0 Å². The standard InChI is InChI=1S/C10H19NO4S/c1-10(2,3)15-9(12)11-6-4-5-8(7-11)16(13)14/h8H,4-7H2,1-3H3,(H,13,14)/p-1/t8-/m0/s1. The minimum atomic E-state index is -2.11. The van der Waals surface area contributed by atoms with Crippen LogP contribution in [0.4, 0.5) is 4.79 Å². The quantitative estimate of drug-likeness (QED) is 0.655. The molecule has 0 saturated carbocycles. The SMILES string of the molecule is CC(C)(C)OC(=O)N1CCC[C@H](S(=O)[O-])C1. The van der Waals surface area contributed by atoms with Crippen LogP contribution in [0, 0.1) is 0 Å². The lowest BCUT2D eigenvalue weighted by atomic mass is 10.1. The van der Waals surface area contributed by atoms with Crippen LogP contribution in [0.5, 0.6) is 0 Å². The first-order chi connectivity index (χ1) is 7.29. The average molecular weight is 248 g/mol. The molecule has 0 aliphatic carbocycles. The van der Waals surface area contributed by atoms with Crippen molar-refractivity contribution in [2.75, 3.05) is 13.1 Å². The summed E-state index contributed by atoms with van der Waals surface area (Å²) in [7, 11) is 0. The van der Waals surface area contributed by atoms with Crippen LogP contribution < -0.4 is 0 Å². The van der Waals surface area contributed by atoms with Crippen molar-refractivity contribution in [3.63, 3.8) is 0 Å². The molecule has 0 spiro atoms. The summed E-state index contributed by atoms with van der Waals surface area (Å²) in [5.41, 5.74) is -0.541. The first-order valence-electron chi connectivity index (χ1n) is 5.35. The zero-order chi connectivity index (χ0) is 12.3. The Hall–Kier alpha value is -0.620. The van der Waals surface area contributed by atoms with Crippen molar-refractivity contribution in [2.45, 2.75) is 44.5 Å². The number of amides is 1. The number of hydrogen-bond acceptors (Lipinski definition) is 4. The molecule has 1 heterocycles. The fourth-order valence-electron chi connectivity index (χ4n) is 1.59. The molecule has 1 fully saturated rings. The molecule has 94 valence electrons. The molecule has 1 amide bonds. The minimum Gasteiger partial charge on any atom is -0.772 e. The number of carbonyl (C=O) groups excluding carboxylic acids is 1. The van der Waals surface area contributed by atoms with Gasteiger partial charge in [0.25, 0.3) is 0 Å². The second kappa shape index (κ2) is 5.14. The highest BCUT2D eigenvalue weighted by Gasteiger charge is 2.27. The van der Waals surface area contributed by atoms with Gasteiger partial charge in [0.15, 0.2) is 0 Å². The van der Waals surface area contributed by atoms with Gasteiger partial charge in [0, 0.05) is 18.3 Å². The van der Waals surface area contributed by atoms with E-state index >= 15 is 0 Å². The Labute approximate surface area is 98.4 Å². The summed E-state index contributed by atoms with van der Waals surface area (Å²) >= 11 is -2.11. The second-order valence-electron chi connectivity index (χ2n) is 4.95. The molecule has 1 aliphatic heterocycles. The molecule has 1 aliphatic rings. The van der Waals surface area contributed by atoms with Crippen LogP contribution in [0.1, 0.15) is 33.6 Å². The number of hydrogen-bond donors (Lipinski definition) is 0. The predicted octanol–water partition coefficient (Wildman–Crippen LogP) is 1.27. The maximum Gasteiger partial charge on any atom is 0.410 e. The maximum absolute atomic E-state index is 11.7. The van der Waals surface area contributed by atoms with Crippen molar-refractivity contribution in [3.8, 4) is 0 Å². The maximum atomic E-state index is 11.7. The van der Waals surface area contributed by atoms with Crippen LogP contribution in [-0.2, 0) is 15.8 Å². The minimum absolute atomic E-state index is 0.241. The van der Waals surface area contributed by atoms with Crippen molar-refractivity contribution in [3.05, 3.63) is 0 Å². The Bertz CT molecular complexity index is 287. The van der Waals surface area contributed by atoms with E-state index in [1.54, 1.807) is 20.8 Å². The van der Waals surface area contributed by atoms with Crippen LogP contribution in [0.2, 0.25) is 0 Å². The summed E-state index contributed by atoms with van der Waals surface area (Å²) < 4.78 is 26.8. The highest BCUT2D eigenvalue weighted by Crippen LogP contribution is 2.17. The van der Waals surface area contributed by atoms with E-state index in [-0.39, 0.29) is 6.54 Å². The normalized spacial score (nSPS) is 24.0. The molecular weight excluding hydrogens is 230 g/mol. The first-order valence-corrected chi connectivity index (χ1v) is 6.49. The van der Waals surface area contributed by atoms with Gasteiger partial charge in [-0.2, -0.15) is 0 Å². The Morgan fingerprint density at radius 3 is 2.62 bits per heavy atom. The Morgan fingerprint density at radius 1 is 1.50 bits per heavy atom. The molecule has 1 saturated heterocycles. The van der Waals surface area contributed by atoms with Gasteiger partial charge < -0.3 is 14.2 Å². The molecule has 16 heavy (non-hydrogen) atoms. The van der Waals surface area contributed by atoms with Gasteiger partial charge in [0.1, 0.15) is 5.60 Å². The molecule has 0 aromatic rings.